The monoisotopic (exact) mass is 596 g/mol. The van der Waals surface area contributed by atoms with E-state index in [1.807, 2.05) is 57.4 Å². The van der Waals surface area contributed by atoms with Crippen LogP contribution in [-0.2, 0) is 14.8 Å². The minimum atomic E-state index is -4.03. The van der Waals surface area contributed by atoms with Gasteiger partial charge in [-0.05, 0) is 88.2 Å². The van der Waals surface area contributed by atoms with Crippen molar-refractivity contribution in [3.8, 4) is 5.69 Å². The van der Waals surface area contributed by atoms with E-state index < -0.39 is 22.5 Å². The predicted octanol–water partition coefficient (Wildman–Crippen LogP) is 6.67. The van der Waals surface area contributed by atoms with Crippen molar-refractivity contribution in [1.82, 2.24) is 9.99 Å². The molecule has 0 saturated carbocycles. The highest BCUT2D eigenvalue weighted by Crippen LogP contribution is 2.29. The zero-order valence-corrected chi connectivity index (χ0v) is 25.2. The summed E-state index contributed by atoms with van der Waals surface area (Å²) in [7, 11) is -4.03. The Morgan fingerprint density at radius 1 is 0.950 bits per heavy atom. The number of hydrogen-bond acceptors (Lipinski definition) is 4. The molecule has 0 bridgehead atoms. The van der Waals surface area contributed by atoms with Gasteiger partial charge in [0.1, 0.15) is 6.54 Å². The fourth-order valence-corrected chi connectivity index (χ4v) is 6.19. The maximum Gasteiger partial charge on any atom is 0.264 e. The van der Waals surface area contributed by atoms with Crippen molar-refractivity contribution >= 4 is 51.0 Å². The summed E-state index contributed by atoms with van der Waals surface area (Å²) in [5.74, 6) is -0.578. The largest absolute Gasteiger partial charge is 0.318 e. The minimum Gasteiger partial charge on any atom is -0.318 e. The number of aromatic nitrogens is 1. The molecule has 0 fully saturated rings. The molecule has 4 rings (SSSR count). The van der Waals surface area contributed by atoms with Crippen molar-refractivity contribution in [2.75, 3.05) is 10.8 Å². The number of carbonyl (C=O) groups is 1. The lowest BCUT2D eigenvalue weighted by Crippen LogP contribution is -2.40. The lowest BCUT2D eigenvalue weighted by molar-refractivity contribution is -0.119. The number of benzene rings is 3. The molecule has 0 atom stereocenters. The summed E-state index contributed by atoms with van der Waals surface area (Å²) < 4.78 is 30.5. The molecule has 7 nitrogen and oxygen atoms in total. The van der Waals surface area contributed by atoms with Crippen LogP contribution in [0.2, 0.25) is 10.0 Å². The summed E-state index contributed by atoms with van der Waals surface area (Å²) in [5.41, 5.74) is 8.98. The molecule has 1 heterocycles. The summed E-state index contributed by atoms with van der Waals surface area (Å²) in [6.45, 7) is 9.04. The van der Waals surface area contributed by atoms with Crippen molar-refractivity contribution in [3.63, 3.8) is 0 Å². The van der Waals surface area contributed by atoms with Crippen molar-refractivity contribution < 1.29 is 13.2 Å². The number of nitrogens with one attached hydrogen (secondary N) is 1. The highest BCUT2D eigenvalue weighted by molar-refractivity contribution is 7.92. The molecule has 0 unspecified atom stereocenters. The Balaban J connectivity index is 1.58. The van der Waals surface area contributed by atoms with E-state index in [0.29, 0.717) is 15.7 Å². The van der Waals surface area contributed by atoms with Crippen LogP contribution >= 0.6 is 23.2 Å². The van der Waals surface area contributed by atoms with E-state index in [2.05, 4.69) is 10.5 Å². The molecule has 3 aromatic carbocycles. The average Bonchev–Trinajstić information content (AvgIpc) is 3.19. The van der Waals surface area contributed by atoms with Gasteiger partial charge >= 0.3 is 0 Å². The molecule has 0 spiro atoms. The Morgan fingerprint density at radius 3 is 2.33 bits per heavy atom. The summed E-state index contributed by atoms with van der Waals surface area (Å²) in [5, 5.41) is 5.05. The number of rotatable bonds is 8. The Labute approximate surface area is 245 Å². The second-order valence-electron chi connectivity index (χ2n) is 9.60. The number of halogens is 2. The van der Waals surface area contributed by atoms with Gasteiger partial charge in [-0.2, -0.15) is 5.10 Å². The number of anilines is 1. The quantitative estimate of drug-likeness (QED) is 0.182. The SMILES string of the molecule is Cc1ccc(S(=O)(=O)N(CC(=O)N/N=C\c2cc(C)n(-c3ccc(Cl)c(Cl)c3)c2C)c2cccc(C)c2C)cc1. The van der Waals surface area contributed by atoms with Gasteiger partial charge < -0.3 is 4.57 Å². The van der Waals surface area contributed by atoms with E-state index in [4.69, 9.17) is 23.2 Å². The van der Waals surface area contributed by atoms with E-state index in [1.54, 1.807) is 48.5 Å². The van der Waals surface area contributed by atoms with Gasteiger partial charge in [-0.1, -0.05) is 53.0 Å². The molecule has 208 valence electrons. The Morgan fingerprint density at radius 2 is 1.65 bits per heavy atom. The third-order valence-electron chi connectivity index (χ3n) is 6.77. The van der Waals surface area contributed by atoms with Gasteiger partial charge in [0.25, 0.3) is 15.9 Å². The molecule has 40 heavy (non-hydrogen) atoms. The molecule has 0 aliphatic heterocycles. The summed E-state index contributed by atoms with van der Waals surface area (Å²) >= 11 is 12.3. The summed E-state index contributed by atoms with van der Waals surface area (Å²) in [6, 6.07) is 19.2. The van der Waals surface area contributed by atoms with E-state index in [9.17, 15) is 13.2 Å². The third-order valence-corrected chi connectivity index (χ3v) is 9.28. The topological polar surface area (TPSA) is 83.8 Å². The first-order valence-corrected chi connectivity index (χ1v) is 14.7. The Hall–Kier alpha value is -3.59. The summed E-state index contributed by atoms with van der Waals surface area (Å²) in [6.07, 6.45) is 1.53. The van der Waals surface area contributed by atoms with Gasteiger partial charge in [-0.3, -0.25) is 9.10 Å². The zero-order chi connectivity index (χ0) is 29.2. The molecular weight excluding hydrogens is 567 g/mol. The second-order valence-corrected chi connectivity index (χ2v) is 12.3. The van der Waals surface area contributed by atoms with Crippen molar-refractivity contribution in [2.24, 2.45) is 5.10 Å². The molecule has 0 aliphatic carbocycles. The molecule has 0 radical (unpaired) electrons. The smallest absolute Gasteiger partial charge is 0.264 e. The number of carbonyl (C=O) groups excluding carboxylic acids is 1. The first kappa shape index (κ1) is 29.4. The number of hydrazone groups is 1. The lowest BCUT2D eigenvalue weighted by Gasteiger charge is -2.26. The van der Waals surface area contributed by atoms with Gasteiger partial charge in [-0.15, -0.1) is 0 Å². The molecule has 4 aromatic rings. The molecule has 10 heteroatoms. The van der Waals surface area contributed by atoms with Gasteiger partial charge in [0.15, 0.2) is 0 Å². The predicted molar refractivity (Wildman–Crippen MR) is 163 cm³/mol. The number of sulfonamides is 1. The van der Waals surface area contributed by atoms with Crippen molar-refractivity contribution in [3.05, 3.63) is 110 Å². The number of amides is 1. The van der Waals surface area contributed by atoms with Gasteiger partial charge in [0, 0.05) is 22.6 Å². The zero-order valence-electron chi connectivity index (χ0n) is 22.9. The fraction of sp³-hybridized carbons (Fsp3) is 0.200. The number of hydrogen-bond donors (Lipinski definition) is 1. The van der Waals surface area contributed by atoms with E-state index >= 15 is 0 Å². The van der Waals surface area contributed by atoms with Crippen LogP contribution in [0.25, 0.3) is 5.69 Å². The van der Waals surface area contributed by atoms with E-state index in [-0.39, 0.29) is 4.90 Å². The van der Waals surface area contributed by atoms with Crippen LogP contribution in [0.3, 0.4) is 0 Å². The van der Waals surface area contributed by atoms with E-state index in [1.165, 1.54) is 6.21 Å². The van der Waals surface area contributed by atoms with Crippen LogP contribution in [0.4, 0.5) is 5.69 Å². The molecular formula is C30H30Cl2N4O3S. The maximum atomic E-state index is 13.7. The number of aryl methyl sites for hydroxylation is 3. The van der Waals surface area contributed by atoms with Crippen molar-refractivity contribution in [1.29, 1.82) is 0 Å². The van der Waals surface area contributed by atoms with Crippen LogP contribution in [-0.4, -0.2) is 31.7 Å². The fourth-order valence-electron chi connectivity index (χ4n) is 4.42. The minimum absolute atomic E-state index is 0.102. The lowest BCUT2D eigenvalue weighted by atomic mass is 10.1. The normalized spacial score (nSPS) is 11.7. The van der Waals surface area contributed by atoms with Crippen LogP contribution in [0, 0.1) is 34.6 Å². The Bertz CT molecular complexity index is 1710. The highest BCUT2D eigenvalue weighted by atomic mass is 35.5. The third kappa shape index (κ3) is 6.09. The molecule has 0 saturated heterocycles. The van der Waals surface area contributed by atoms with Gasteiger partial charge in [0.05, 0.1) is 26.8 Å². The van der Waals surface area contributed by atoms with Gasteiger partial charge in [-0.25, -0.2) is 13.8 Å². The molecule has 0 aliphatic rings. The van der Waals surface area contributed by atoms with E-state index in [0.717, 1.165) is 43.6 Å². The first-order valence-electron chi connectivity index (χ1n) is 12.5. The first-order chi connectivity index (χ1) is 18.9. The average molecular weight is 598 g/mol. The van der Waals surface area contributed by atoms with Crippen LogP contribution in [0.1, 0.15) is 33.6 Å². The van der Waals surface area contributed by atoms with Crippen molar-refractivity contribution in [2.45, 2.75) is 39.5 Å². The molecule has 1 aromatic heterocycles. The molecule has 1 N–H and O–H groups in total. The summed E-state index contributed by atoms with van der Waals surface area (Å²) in [4.78, 5) is 13.1. The molecule has 1 amide bonds. The second kappa shape index (κ2) is 11.9. The van der Waals surface area contributed by atoms with Crippen LogP contribution in [0.5, 0.6) is 0 Å². The van der Waals surface area contributed by atoms with Gasteiger partial charge in [0.2, 0.25) is 0 Å². The maximum absolute atomic E-state index is 13.7. The Kier molecular flexibility index (Phi) is 8.73. The van der Waals surface area contributed by atoms with Crippen LogP contribution in [0.15, 0.2) is 76.7 Å². The standard InChI is InChI=1S/C30H30Cl2N4O3S/c1-19-9-12-26(13-10-19)40(38,39)35(29-8-6-7-20(2)22(29)4)18-30(37)34-33-17-24-15-21(3)36(23(24)5)25-11-14-27(31)28(32)16-25/h6-17H,18H2,1-5H3,(H,34,37)/b33-17-. The highest BCUT2D eigenvalue weighted by Gasteiger charge is 2.28. The number of nitrogens with zero attached hydrogens (tertiary/aromatic N) is 3. The van der Waals surface area contributed by atoms with Crippen LogP contribution < -0.4 is 9.73 Å².